The summed E-state index contributed by atoms with van der Waals surface area (Å²) in [4.78, 5) is 21.7. The second kappa shape index (κ2) is 11.2. The average Bonchev–Trinajstić information content (AvgIpc) is 3.38. The summed E-state index contributed by atoms with van der Waals surface area (Å²) in [6.45, 7) is 2.57. The number of nitrogens with one attached hydrogen (secondary N) is 1. The summed E-state index contributed by atoms with van der Waals surface area (Å²) >= 11 is 0. The van der Waals surface area contributed by atoms with Gasteiger partial charge in [0.25, 0.3) is 0 Å². The maximum Gasteiger partial charge on any atom is 0.329 e. The van der Waals surface area contributed by atoms with Crippen molar-refractivity contribution >= 4 is 21.7 Å². The topological polar surface area (TPSA) is 106 Å². The Labute approximate surface area is 217 Å². The molecule has 2 heterocycles. The molecule has 0 unspecified atom stereocenters. The van der Waals surface area contributed by atoms with Crippen LogP contribution in [0.25, 0.3) is 11.3 Å². The fourth-order valence-corrected chi connectivity index (χ4v) is 5.13. The molecule has 0 bridgehead atoms. The molecule has 0 radical (unpaired) electrons. The van der Waals surface area contributed by atoms with E-state index in [1.807, 2.05) is 31.3 Å². The molecule has 11 heteroatoms. The van der Waals surface area contributed by atoms with Crippen molar-refractivity contribution in [2.24, 2.45) is 0 Å². The Morgan fingerprint density at radius 3 is 2.51 bits per heavy atom. The van der Waals surface area contributed by atoms with Crippen LogP contribution < -0.4 is 14.2 Å². The summed E-state index contributed by atoms with van der Waals surface area (Å²) in [6.07, 6.45) is 6.01. The van der Waals surface area contributed by atoms with Gasteiger partial charge in [-0.3, -0.25) is 14.2 Å². The van der Waals surface area contributed by atoms with E-state index in [1.54, 1.807) is 43.5 Å². The molecule has 10 nitrogen and oxygen atoms in total. The molecule has 4 rings (SSSR count). The van der Waals surface area contributed by atoms with Gasteiger partial charge in [-0.25, -0.2) is 18.2 Å². The number of amides is 1. The minimum atomic E-state index is -3.39. The van der Waals surface area contributed by atoms with E-state index in [2.05, 4.69) is 14.6 Å². The van der Waals surface area contributed by atoms with Crippen molar-refractivity contribution in [1.82, 2.24) is 19.4 Å². The van der Waals surface area contributed by atoms with Crippen LogP contribution in [0.2, 0.25) is 0 Å². The zero-order valence-corrected chi connectivity index (χ0v) is 22.4. The summed E-state index contributed by atoms with van der Waals surface area (Å²) in [5, 5.41) is 0. The van der Waals surface area contributed by atoms with Crippen LogP contribution in [-0.2, 0) is 16.6 Å². The molecular formula is C26H33N5O5S. The molecule has 0 saturated carbocycles. The van der Waals surface area contributed by atoms with E-state index in [1.165, 1.54) is 10.9 Å². The number of carbonyl (C=O) groups excluding carboxylic acids is 1. The Hall–Kier alpha value is -3.57. The Morgan fingerprint density at radius 2 is 1.84 bits per heavy atom. The molecule has 3 aromatic rings. The minimum absolute atomic E-state index is 0.127. The lowest BCUT2D eigenvalue weighted by Gasteiger charge is -2.36. The number of aromatic nitrogens is 2. The van der Waals surface area contributed by atoms with E-state index in [9.17, 15) is 13.2 Å². The lowest BCUT2D eigenvalue weighted by Crippen LogP contribution is -2.46. The molecule has 0 atom stereocenters. The second-order valence-electron chi connectivity index (χ2n) is 9.21. The van der Waals surface area contributed by atoms with Crippen LogP contribution >= 0.6 is 0 Å². The molecule has 1 saturated heterocycles. The predicted molar refractivity (Wildman–Crippen MR) is 143 cm³/mol. The SMILES string of the molecule is COc1ccc(CN2CCC(N(C)C(=O)n3cnc(-c4cccc(NS(C)(=O)=O)c4)c3)CC2)cc1OC. The summed E-state index contributed by atoms with van der Waals surface area (Å²) in [5.41, 5.74) is 2.90. The molecule has 1 N–H and O–H groups in total. The van der Waals surface area contributed by atoms with Gasteiger partial charge in [0.2, 0.25) is 10.0 Å². The molecule has 0 spiro atoms. The van der Waals surface area contributed by atoms with E-state index in [0.29, 0.717) is 22.7 Å². The van der Waals surface area contributed by atoms with Gasteiger partial charge in [-0.15, -0.1) is 0 Å². The monoisotopic (exact) mass is 527 g/mol. The first-order valence-electron chi connectivity index (χ1n) is 12.0. The molecule has 198 valence electrons. The number of likely N-dealkylation sites (tertiary alicyclic amines) is 1. The largest absolute Gasteiger partial charge is 0.493 e. The molecule has 2 aromatic carbocycles. The third-order valence-corrected chi connectivity index (χ3v) is 7.13. The standard InChI is InChI=1S/C26H33N5O5S/c1-29(22-10-12-30(13-11-22)16-19-8-9-24(35-2)25(14-19)36-3)26(32)31-17-23(27-18-31)20-6-5-7-21(15-20)28-37(4,33)34/h5-9,14-15,17-18,22,28H,10-13,16H2,1-4H3. The quantitative estimate of drug-likeness (QED) is 0.478. The molecular weight excluding hydrogens is 494 g/mol. The highest BCUT2D eigenvalue weighted by molar-refractivity contribution is 7.92. The van der Waals surface area contributed by atoms with Crippen molar-refractivity contribution in [2.45, 2.75) is 25.4 Å². The Morgan fingerprint density at radius 1 is 1.11 bits per heavy atom. The van der Waals surface area contributed by atoms with Crippen LogP contribution in [0.5, 0.6) is 11.5 Å². The highest BCUT2D eigenvalue weighted by Gasteiger charge is 2.26. The third kappa shape index (κ3) is 6.60. The van der Waals surface area contributed by atoms with Crippen molar-refractivity contribution in [3.05, 3.63) is 60.6 Å². The fraction of sp³-hybridized carbons (Fsp3) is 0.385. The number of methoxy groups -OCH3 is 2. The molecule has 37 heavy (non-hydrogen) atoms. The van der Waals surface area contributed by atoms with Crippen molar-refractivity contribution in [3.8, 4) is 22.8 Å². The Balaban J connectivity index is 1.35. The molecule has 1 aromatic heterocycles. The van der Waals surface area contributed by atoms with Gasteiger partial charge in [0.05, 0.1) is 26.2 Å². The number of carbonyl (C=O) groups is 1. The number of rotatable bonds is 8. The molecule has 0 aliphatic carbocycles. The molecule has 1 aliphatic rings. The molecule has 1 amide bonds. The highest BCUT2D eigenvalue weighted by atomic mass is 32.2. The second-order valence-corrected chi connectivity index (χ2v) is 11.0. The van der Waals surface area contributed by atoms with Crippen LogP contribution in [0.15, 0.2) is 55.0 Å². The number of imidazole rings is 1. The van der Waals surface area contributed by atoms with Crippen LogP contribution in [0, 0.1) is 0 Å². The molecule has 1 fully saturated rings. The molecule has 1 aliphatic heterocycles. The van der Waals surface area contributed by atoms with Crippen molar-refractivity contribution in [2.75, 3.05) is 45.3 Å². The fourth-order valence-electron chi connectivity index (χ4n) is 4.57. The first-order valence-corrected chi connectivity index (χ1v) is 13.9. The van der Waals surface area contributed by atoms with Crippen LogP contribution in [0.4, 0.5) is 10.5 Å². The van der Waals surface area contributed by atoms with Gasteiger partial charge in [-0.2, -0.15) is 0 Å². The maximum atomic E-state index is 13.2. The normalized spacial score (nSPS) is 14.8. The van der Waals surface area contributed by atoms with Gasteiger partial charge in [-0.05, 0) is 42.7 Å². The van der Waals surface area contributed by atoms with Gasteiger partial charge >= 0.3 is 6.03 Å². The lowest BCUT2D eigenvalue weighted by molar-refractivity contribution is 0.132. The van der Waals surface area contributed by atoms with E-state index in [-0.39, 0.29) is 12.1 Å². The Kier molecular flexibility index (Phi) is 8.03. The smallest absolute Gasteiger partial charge is 0.329 e. The number of hydrogen-bond donors (Lipinski definition) is 1. The van der Waals surface area contributed by atoms with E-state index >= 15 is 0 Å². The van der Waals surface area contributed by atoms with Crippen molar-refractivity contribution < 1.29 is 22.7 Å². The minimum Gasteiger partial charge on any atom is -0.493 e. The van der Waals surface area contributed by atoms with Crippen molar-refractivity contribution in [1.29, 1.82) is 0 Å². The number of anilines is 1. The lowest BCUT2D eigenvalue weighted by atomic mass is 10.0. The summed E-state index contributed by atoms with van der Waals surface area (Å²) in [5.74, 6) is 1.43. The van der Waals surface area contributed by atoms with Crippen LogP contribution in [0.1, 0.15) is 18.4 Å². The van der Waals surface area contributed by atoms with Gasteiger partial charge in [0.15, 0.2) is 11.5 Å². The summed E-state index contributed by atoms with van der Waals surface area (Å²) in [7, 11) is 1.70. The zero-order valence-electron chi connectivity index (χ0n) is 21.5. The number of sulfonamides is 1. The Bertz CT molecular complexity index is 1350. The third-order valence-electron chi connectivity index (χ3n) is 6.53. The number of benzene rings is 2. The first-order chi connectivity index (χ1) is 17.7. The van der Waals surface area contributed by atoms with E-state index < -0.39 is 10.0 Å². The van der Waals surface area contributed by atoms with Crippen molar-refractivity contribution in [3.63, 3.8) is 0 Å². The van der Waals surface area contributed by atoms with E-state index in [0.717, 1.165) is 50.0 Å². The average molecular weight is 528 g/mol. The van der Waals surface area contributed by atoms with Gasteiger partial charge in [-0.1, -0.05) is 18.2 Å². The van der Waals surface area contributed by atoms with E-state index in [4.69, 9.17) is 9.47 Å². The first kappa shape index (κ1) is 26.5. The maximum absolute atomic E-state index is 13.2. The number of ether oxygens (including phenoxy) is 2. The number of nitrogens with zero attached hydrogens (tertiary/aromatic N) is 4. The number of piperidine rings is 1. The summed E-state index contributed by atoms with van der Waals surface area (Å²) < 4.78 is 37.7. The van der Waals surface area contributed by atoms with Gasteiger partial charge < -0.3 is 14.4 Å². The zero-order chi connectivity index (χ0) is 26.6. The van der Waals surface area contributed by atoms with Crippen LogP contribution in [0.3, 0.4) is 0 Å². The van der Waals surface area contributed by atoms with Gasteiger partial charge in [0.1, 0.15) is 6.33 Å². The highest BCUT2D eigenvalue weighted by Crippen LogP contribution is 2.29. The van der Waals surface area contributed by atoms with Crippen LogP contribution in [-0.4, -0.2) is 80.5 Å². The van der Waals surface area contributed by atoms with Gasteiger partial charge in [0, 0.05) is 50.2 Å². The number of hydrogen-bond acceptors (Lipinski definition) is 7. The summed E-state index contributed by atoms with van der Waals surface area (Å²) in [6, 6.07) is 12.9. The predicted octanol–water partition coefficient (Wildman–Crippen LogP) is 3.50.